The third-order valence-corrected chi connectivity index (χ3v) is 5.47. The molecule has 6 heteroatoms. The zero-order valence-corrected chi connectivity index (χ0v) is 15.5. The van der Waals surface area contributed by atoms with E-state index in [1.54, 1.807) is 16.6 Å². The Hall–Kier alpha value is -3.28. The number of halogens is 1. The number of fused-ring (bicyclic) bond motifs is 1. The standard InChI is InChI=1S/C22H20FN5/c1-15-12-13-27(21(15)17-8-5-9-18(23)14-17)20-11-10-19-24-25-22(28(19)26-20)16-6-3-2-4-7-16/h2-11,14-15,21H,12-13H2,1H3. The first-order chi connectivity index (χ1) is 13.7. The van der Waals surface area contributed by atoms with Crippen molar-refractivity contribution >= 4 is 11.5 Å². The molecule has 0 spiro atoms. The molecule has 1 fully saturated rings. The molecule has 0 aliphatic carbocycles. The van der Waals surface area contributed by atoms with Gasteiger partial charge in [0.15, 0.2) is 11.5 Å². The zero-order valence-electron chi connectivity index (χ0n) is 15.5. The largest absolute Gasteiger partial charge is 0.348 e. The van der Waals surface area contributed by atoms with E-state index in [2.05, 4.69) is 22.0 Å². The van der Waals surface area contributed by atoms with Crippen LogP contribution in [-0.2, 0) is 0 Å². The molecular formula is C22H20FN5. The van der Waals surface area contributed by atoms with Gasteiger partial charge in [0.25, 0.3) is 0 Å². The van der Waals surface area contributed by atoms with Crippen LogP contribution in [0.25, 0.3) is 17.0 Å². The number of hydrogen-bond donors (Lipinski definition) is 0. The van der Waals surface area contributed by atoms with Crippen molar-refractivity contribution in [2.24, 2.45) is 5.92 Å². The summed E-state index contributed by atoms with van der Waals surface area (Å²) in [7, 11) is 0. The SMILES string of the molecule is CC1CCN(c2ccc3nnc(-c4ccccc4)n3n2)C1c1cccc(F)c1. The van der Waals surface area contributed by atoms with Gasteiger partial charge in [0.05, 0.1) is 6.04 Å². The molecule has 2 unspecified atom stereocenters. The van der Waals surface area contributed by atoms with E-state index in [1.165, 1.54) is 6.07 Å². The lowest BCUT2D eigenvalue weighted by atomic mass is 9.95. The van der Waals surface area contributed by atoms with E-state index >= 15 is 0 Å². The summed E-state index contributed by atoms with van der Waals surface area (Å²) < 4.78 is 15.6. The fraction of sp³-hybridized carbons (Fsp3) is 0.227. The second-order valence-corrected chi connectivity index (χ2v) is 7.31. The van der Waals surface area contributed by atoms with Gasteiger partial charge >= 0.3 is 0 Å². The number of hydrogen-bond acceptors (Lipinski definition) is 4. The molecule has 0 radical (unpaired) electrons. The fourth-order valence-corrected chi connectivity index (χ4v) is 4.10. The van der Waals surface area contributed by atoms with Gasteiger partial charge in [0.2, 0.25) is 0 Å². The average molecular weight is 373 g/mol. The van der Waals surface area contributed by atoms with Gasteiger partial charge in [-0.3, -0.25) is 0 Å². The molecule has 1 aliphatic heterocycles. The van der Waals surface area contributed by atoms with Crippen molar-refractivity contribution < 1.29 is 4.39 Å². The van der Waals surface area contributed by atoms with E-state index < -0.39 is 0 Å². The maximum Gasteiger partial charge on any atom is 0.185 e. The van der Waals surface area contributed by atoms with Crippen molar-refractivity contribution in [1.29, 1.82) is 0 Å². The van der Waals surface area contributed by atoms with Crippen LogP contribution in [0.2, 0.25) is 0 Å². The highest BCUT2D eigenvalue weighted by Gasteiger charge is 2.33. The van der Waals surface area contributed by atoms with Crippen molar-refractivity contribution in [2.45, 2.75) is 19.4 Å². The van der Waals surface area contributed by atoms with Gasteiger partial charge in [-0.25, -0.2) is 4.39 Å². The molecule has 5 nitrogen and oxygen atoms in total. The summed E-state index contributed by atoms with van der Waals surface area (Å²) in [6.07, 6.45) is 1.04. The predicted molar refractivity (Wildman–Crippen MR) is 106 cm³/mol. The summed E-state index contributed by atoms with van der Waals surface area (Å²) in [6.45, 7) is 3.09. The molecule has 2 aromatic heterocycles. The molecule has 3 heterocycles. The maximum atomic E-state index is 13.8. The highest BCUT2D eigenvalue weighted by molar-refractivity contribution is 5.60. The smallest absolute Gasteiger partial charge is 0.185 e. The second kappa shape index (κ2) is 6.71. The Labute approximate surface area is 162 Å². The number of nitrogens with zero attached hydrogens (tertiary/aromatic N) is 5. The lowest BCUT2D eigenvalue weighted by Gasteiger charge is -2.28. The average Bonchev–Trinajstić information content (AvgIpc) is 3.31. The van der Waals surface area contributed by atoms with Crippen LogP contribution in [0.15, 0.2) is 66.7 Å². The first kappa shape index (κ1) is 16.9. The van der Waals surface area contributed by atoms with Crippen LogP contribution in [0.1, 0.15) is 24.9 Å². The van der Waals surface area contributed by atoms with Crippen LogP contribution < -0.4 is 4.90 Å². The minimum Gasteiger partial charge on any atom is -0.348 e. The second-order valence-electron chi connectivity index (χ2n) is 7.31. The number of aromatic nitrogens is 4. The molecule has 1 saturated heterocycles. The van der Waals surface area contributed by atoms with Gasteiger partial charge < -0.3 is 4.90 Å². The Kier molecular flexibility index (Phi) is 4.04. The summed E-state index contributed by atoms with van der Waals surface area (Å²) in [5.74, 6) is 1.77. The summed E-state index contributed by atoms with van der Waals surface area (Å²) in [4.78, 5) is 2.26. The fourth-order valence-electron chi connectivity index (χ4n) is 4.10. The van der Waals surface area contributed by atoms with Crippen LogP contribution >= 0.6 is 0 Å². The van der Waals surface area contributed by atoms with Crippen molar-refractivity contribution in [1.82, 2.24) is 19.8 Å². The van der Waals surface area contributed by atoms with E-state index in [-0.39, 0.29) is 11.9 Å². The minimum absolute atomic E-state index is 0.0947. The highest BCUT2D eigenvalue weighted by Crippen LogP contribution is 2.39. The lowest BCUT2D eigenvalue weighted by Crippen LogP contribution is -2.26. The van der Waals surface area contributed by atoms with Crippen molar-refractivity contribution in [3.63, 3.8) is 0 Å². The van der Waals surface area contributed by atoms with E-state index in [1.807, 2.05) is 48.5 Å². The molecule has 0 saturated carbocycles. The van der Waals surface area contributed by atoms with E-state index in [0.29, 0.717) is 17.4 Å². The number of rotatable bonds is 3. The van der Waals surface area contributed by atoms with Gasteiger partial charge in [-0.1, -0.05) is 49.4 Å². The summed E-state index contributed by atoms with van der Waals surface area (Å²) in [5, 5.41) is 13.4. The van der Waals surface area contributed by atoms with Crippen LogP contribution in [-0.4, -0.2) is 26.4 Å². The molecule has 0 bridgehead atoms. The Balaban J connectivity index is 1.58. The van der Waals surface area contributed by atoms with Crippen LogP contribution in [0.3, 0.4) is 0 Å². The van der Waals surface area contributed by atoms with Gasteiger partial charge in [0.1, 0.15) is 11.6 Å². The molecule has 0 N–H and O–H groups in total. The van der Waals surface area contributed by atoms with Gasteiger partial charge in [0, 0.05) is 12.1 Å². The maximum absolute atomic E-state index is 13.8. The van der Waals surface area contributed by atoms with E-state index in [9.17, 15) is 4.39 Å². The van der Waals surface area contributed by atoms with Gasteiger partial charge in [-0.15, -0.1) is 15.3 Å². The topological polar surface area (TPSA) is 46.3 Å². The monoisotopic (exact) mass is 373 g/mol. The molecule has 5 rings (SSSR count). The molecule has 1 aliphatic rings. The normalized spacial score (nSPS) is 19.4. The molecule has 2 atom stereocenters. The Bertz CT molecular complexity index is 1120. The lowest BCUT2D eigenvalue weighted by molar-refractivity contribution is 0.525. The molecule has 2 aromatic carbocycles. The van der Waals surface area contributed by atoms with Crippen LogP contribution in [0.5, 0.6) is 0 Å². The Morgan fingerprint density at radius 1 is 0.964 bits per heavy atom. The van der Waals surface area contributed by atoms with Crippen LogP contribution in [0, 0.1) is 11.7 Å². The van der Waals surface area contributed by atoms with Crippen molar-refractivity contribution in [3.05, 3.63) is 78.1 Å². The Morgan fingerprint density at radius 3 is 2.64 bits per heavy atom. The van der Waals surface area contributed by atoms with Crippen molar-refractivity contribution in [3.8, 4) is 11.4 Å². The predicted octanol–water partition coefficient (Wildman–Crippen LogP) is 4.52. The third kappa shape index (κ3) is 2.81. The Morgan fingerprint density at radius 2 is 1.82 bits per heavy atom. The molecular weight excluding hydrogens is 353 g/mol. The minimum atomic E-state index is -0.204. The summed E-state index contributed by atoms with van der Waals surface area (Å²) >= 11 is 0. The van der Waals surface area contributed by atoms with Crippen LogP contribution in [0.4, 0.5) is 10.2 Å². The summed E-state index contributed by atoms with van der Waals surface area (Å²) in [6, 6.07) is 20.8. The van der Waals surface area contributed by atoms with Gasteiger partial charge in [-0.05, 0) is 42.2 Å². The number of anilines is 1. The number of benzene rings is 2. The molecule has 4 aromatic rings. The quantitative estimate of drug-likeness (QED) is 0.530. The first-order valence-electron chi connectivity index (χ1n) is 9.51. The third-order valence-electron chi connectivity index (χ3n) is 5.47. The highest BCUT2D eigenvalue weighted by atomic mass is 19.1. The van der Waals surface area contributed by atoms with Gasteiger partial charge in [-0.2, -0.15) is 4.52 Å². The van der Waals surface area contributed by atoms with E-state index in [4.69, 9.17) is 5.10 Å². The first-order valence-corrected chi connectivity index (χ1v) is 9.51. The summed E-state index contributed by atoms with van der Waals surface area (Å²) in [5.41, 5.74) is 2.66. The zero-order chi connectivity index (χ0) is 19.1. The molecule has 0 amide bonds. The van der Waals surface area contributed by atoms with E-state index in [0.717, 1.165) is 29.9 Å². The molecule has 28 heavy (non-hydrogen) atoms. The van der Waals surface area contributed by atoms with Crippen molar-refractivity contribution in [2.75, 3.05) is 11.4 Å². The molecule has 140 valence electrons.